The van der Waals surface area contributed by atoms with Gasteiger partial charge in [-0.25, -0.2) is 0 Å². The van der Waals surface area contributed by atoms with E-state index in [0.717, 1.165) is 12.6 Å². The third-order valence-electron chi connectivity index (χ3n) is 3.56. The standard InChI is InChI=1S/C15H24N2/c1-2-12-17(15-8-10-16-11-9-15)13-14-6-4-3-5-7-14/h3-7,15-16H,2,8-13H2,1H3. The molecule has 1 aliphatic heterocycles. The summed E-state index contributed by atoms with van der Waals surface area (Å²) in [6.45, 7) is 6.97. The molecule has 17 heavy (non-hydrogen) atoms. The van der Waals surface area contributed by atoms with Gasteiger partial charge in [0, 0.05) is 12.6 Å². The molecule has 0 spiro atoms. The van der Waals surface area contributed by atoms with E-state index >= 15 is 0 Å². The minimum atomic E-state index is 0.774. The van der Waals surface area contributed by atoms with Gasteiger partial charge in [-0.1, -0.05) is 37.3 Å². The van der Waals surface area contributed by atoms with Crippen molar-refractivity contribution in [2.75, 3.05) is 19.6 Å². The molecular formula is C15H24N2. The molecule has 1 aromatic rings. The molecule has 0 aliphatic carbocycles. The Kier molecular flexibility index (Phi) is 5.02. The van der Waals surface area contributed by atoms with Gasteiger partial charge in [-0.05, 0) is 44.5 Å². The molecule has 0 bridgehead atoms. The number of benzene rings is 1. The molecule has 0 atom stereocenters. The van der Waals surface area contributed by atoms with Crippen LogP contribution in [0, 0.1) is 0 Å². The quantitative estimate of drug-likeness (QED) is 0.839. The molecule has 0 unspecified atom stereocenters. The van der Waals surface area contributed by atoms with Crippen LogP contribution in [-0.4, -0.2) is 30.6 Å². The molecule has 2 rings (SSSR count). The molecule has 0 aromatic heterocycles. The second-order valence-electron chi connectivity index (χ2n) is 4.94. The van der Waals surface area contributed by atoms with Gasteiger partial charge in [-0.3, -0.25) is 4.90 Å². The second-order valence-corrected chi connectivity index (χ2v) is 4.94. The van der Waals surface area contributed by atoms with Crippen LogP contribution >= 0.6 is 0 Å². The third kappa shape index (κ3) is 3.83. The van der Waals surface area contributed by atoms with Gasteiger partial charge in [0.15, 0.2) is 0 Å². The Morgan fingerprint density at radius 2 is 1.88 bits per heavy atom. The number of rotatable bonds is 5. The summed E-state index contributed by atoms with van der Waals surface area (Å²) in [5, 5.41) is 3.45. The van der Waals surface area contributed by atoms with Gasteiger partial charge in [0.25, 0.3) is 0 Å². The Hall–Kier alpha value is -0.860. The first kappa shape index (κ1) is 12.6. The molecule has 1 saturated heterocycles. The highest BCUT2D eigenvalue weighted by Crippen LogP contribution is 2.15. The van der Waals surface area contributed by atoms with Crippen LogP contribution in [0.2, 0.25) is 0 Å². The van der Waals surface area contributed by atoms with Gasteiger partial charge < -0.3 is 5.32 Å². The van der Waals surface area contributed by atoms with E-state index in [1.54, 1.807) is 0 Å². The summed E-state index contributed by atoms with van der Waals surface area (Å²) in [5.74, 6) is 0. The summed E-state index contributed by atoms with van der Waals surface area (Å²) in [6.07, 6.45) is 3.84. The van der Waals surface area contributed by atoms with Crippen molar-refractivity contribution < 1.29 is 0 Å². The Morgan fingerprint density at radius 3 is 2.53 bits per heavy atom. The Labute approximate surface area is 105 Å². The van der Waals surface area contributed by atoms with E-state index in [-0.39, 0.29) is 0 Å². The Bertz CT molecular complexity index is 304. The van der Waals surface area contributed by atoms with Crippen molar-refractivity contribution in [3.63, 3.8) is 0 Å². The topological polar surface area (TPSA) is 15.3 Å². The molecule has 0 saturated carbocycles. The molecule has 0 radical (unpaired) electrons. The SMILES string of the molecule is CCCN(Cc1ccccc1)C1CCNCC1. The fourth-order valence-corrected chi connectivity index (χ4v) is 2.67. The van der Waals surface area contributed by atoms with Crippen LogP contribution in [-0.2, 0) is 6.54 Å². The van der Waals surface area contributed by atoms with Crippen LogP contribution in [0.4, 0.5) is 0 Å². The van der Waals surface area contributed by atoms with Crippen molar-refractivity contribution in [2.24, 2.45) is 0 Å². The van der Waals surface area contributed by atoms with E-state index in [2.05, 4.69) is 47.5 Å². The van der Waals surface area contributed by atoms with E-state index in [4.69, 9.17) is 0 Å². The van der Waals surface area contributed by atoms with Crippen LogP contribution in [0.5, 0.6) is 0 Å². The summed E-state index contributed by atoms with van der Waals surface area (Å²) in [4.78, 5) is 2.66. The van der Waals surface area contributed by atoms with Gasteiger partial charge in [0.2, 0.25) is 0 Å². The van der Waals surface area contributed by atoms with Crippen molar-refractivity contribution >= 4 is 0 Å². The average molecular weight is 232 g/mol. The first-order chi connectivity index (χ1) is 8.40. The van der Waals surface area contributed by atoms with Gasteiger partial charge in [0.1, 0.15) is 0 Å². The maximum Gasteiger partial charge on any atom is 0.0236 e. The van der Waals surface area contributed by atoms with Crippen molar-refractivity contribution in [3.8, 4) is 0 Å². The summed E-state index contributed by atoms with van der Waals surface area (Å²) < 4.78 is 0. The minimum absolute atomic E-state index is 0.774. The smallest absolute Gasteiger partial charge is 0.0236 e. The van der Waals surface area contributed by atoms with Crippen molar-refractivity contribution in [3.05, 3.63) is 35.9 Å². The van der Waals surface area contributed by atoms with E-state index in [0.29, 0.717) is 0 Å². The van der Waals surface area contributed by atoms with Gasteiger partial charge >= 0.3 is 0 Å². The lowest BCUT2D eigenvalue weighted by Crippen LogP contribution is -2.43. The molecule has 94 valence electrons. The lowest BCUT2D eigenvalue weighted by molar-refractivity contribution is 0.154. The largest absolute Gasteiger partial charge is 0.317 e. The van der Waals surface area contributed by atoms with Crippen LogP contribution in [0.1, 0.15) is 31.7 Å². The number of nitrogens with zero attached hydrogens (tertiary/aromatic N) is 1. The van der Waals surface area contributed by atoms with Crippen LogP contribution in [0.3, 0.4) is 0 Å². The summed E-state index contributed by atoms with van der Waals surface area (Å²) in [6, 6.07) is 11.6. The predicted octanol–water partition coefficient (Wildman–Crippen LogP) is 2.65. The first-order valence-electron chi connectivity index (χ1n) is 6.89. The zero-order valence-electron chi connectivity index (χ0n) is 10.9. The fourth-order valence-electron chi connectivity index (χ4n) is 2.67. The fraction of sp³-hybridized carbons (Fsp3) is 0.600. The van der Waals surface area contributed by atoms with Gasteiger partial charge in [0.05, 0.1) is 0 Å². The predicted molar refractivity (Wildman–Crippen MR) is 73.0 cm³/mol. The number of hydrogen-bond acceptors (Lipinski definition) is 2. The van der Waals surface area contributed by atoms with Crippen molar-refractivity contribution in [1.29, 1.82) is 0 Å². The van der Waals surface area contributed by atoms with Crippen LogP contribution in [0.25, 0.3) is 0 Å². The maximum atomic E-state index is 3.45. The first-order valence-corrected chi connectivity index (χ1v) is 6.89. The van der Waals surface area contributed by atoms with E-state index in [9.17, 15) is 0 Å². The molecule has 1 fully saturated rings. The highest BCUT2D eigenvalue weighted by atomic mass is 15.2. The van der Waals surface area contributed by atoms with Crippen molar-refractivity contribution in [2.45, 2.75) is 38.8 Å². The van der Waals surface area contributed by atoms with E-state index < -0.39 is 0 Å². The van der Waals surface area contributed by atoms with E-state index in [1.807, 2.05) is 0 Å². The zero-order chi connectivity index (χ0) is 11.9. The molecule has 1 heterocycles. The molecule has 0 amide bonds. The number of hydrogen-bond donors (Lipinski definition) is 1. The maximum absolute atomic E-state index is 3.45. The third-order valence-corrected chi connectivity index (χ3v) is 3.56. The molecule has 2 heteroatoms. The number of nitrogens with one attached hydrogen (secondary N) is 1. The average Bonchev–Trinajstić information content (AvgIpc) is 2.40. The summed E-state index contributed by atoms with van der Waals surface area (Å²) >= 11 is 0. The van der Waals surface area contributed by atoms with E-state index in [1.165, 1.54) is 44.5 Å². The molecule has 1 aliphatic rings. The highest BCUT2D eigenvalue weighted by molar-refractivity contribution is 5.14. The van der Waals surface area contributed by atoms with Gasteiger partial charge in [-0.15, -0.1) is 0 Å². The van der Waals surface area contributed by atoms with Crippen LogP contribution in [0.15, 0.2) is 30.3 Å². The Balaban J connectivity index is 1.96. The highest BCUT2D eigenvalue weighted by Gasteiger charge is 2.20. The lowest BCUT2D eigenvalue weighted by Gasteiger charge is -2.34. The summed E-state index contributed by atoms with van der Waals surface area (Å²) in [5.41, 5.74) is 1.44. The van der Waals surface area contributed by atoms with Crippen molar-refractivity contribution in [1.82, 2.24) is 10.2 Å². The monoisotopic (exact) mass is 232 g/mol. The molecule has 1 aromatic carbocycles. The zero-order valence-corrected chi connectivity index (χ0v) is 10.9. The van der Waals surface area contributed by atoms with Gasteiger partial charge in [-0.2, -0.15) is 0 Å². The summed E-state index contributed by atoms with van der Waals surface area (Å²) in [7, 11) is 0. The van der Waals surface area contributed by atoms with Crippen LogP contribution < -0.4 is 5.32 Å². The molecule has 2 nitrogen and oxygen atoms in total. The second kappa shape index (κ2) is 6.77. The Morgan fingerprint density at radius 1 is 1.18 bits per heavy atom. The molecule has 1 N–H and O–H groups in total. The normalized spacial score (nSPS) is 17.5. The lowest BCUT2D eigenvalue weighted by atomic mass is 10.0. The molecular weight excluding hydrogens is 208 g/mol. The minimum Gasteiger partial charge on any atom is -0.317 e. The number of piperidine rings is 1.